The van der Waals surface area contributed by atoms with Gasteiger partial charge in [0.05, 0.1) is 16.4 Å². The molecule has 1 fully saturated rings. The Bertz CT molecular complexity index is 746. The number of sulfonamides is 1. The number of hydrogen-bond acceptors (Lipinski definition) is 3. The molecule has 1 aromatic rings. The van der Waals surface area contributed by atoms with Crippen LogP contribution in [0.15, 0.2) is 23.1 Å². The van der Waals surface area contributed by atoms with Gasteiger partial charge in [-0.05, 0) is 37.0 Å². The second-order valence-electron chi connectivity index (χ2n) is 6.18. The number of hydrogen-bond donors (Lipinski definition) is 1. The number of benzene rings is 1. The molecule has 0 amide bonds. The number of halogens is 3. The zero-order valence-corrected chi connectivity index (χ0v) is 14.0. The molecule has 0 aromatic heterocycles. The lowest BCUT2D eigenvalue weighted by Gasteiger charge is -2.34. The molecule has 24 heavy (non-hydrogen) atoms. The lowest BCUT2D eigenvalue weighted by atomic mass is 9.92. The Morgan fingerprint density at radius 3 is 2.46 bits per heavy atom. The first-order chi connectivity index (χ1) is 10.9. The van der Waals surface area contributed by atoms with Crippen molar-refractivity contribution < 1.29 is 31.5 Å². The fraction of sp³-hybridized carbons (Fsp3) is 0.533. The smallest absolute Gasteiger partial charge is 0.416 e. The van der Waals surface area contributed by atoms with Crippen LogP contribution in [0.4, 0.5) is 13.2 Å². The summed E-state index contributed by atoms with van der Waals surface area (Å²) in [6.07, 6.45) is -4.32. The van der Waals surface area contributed by atoms with E-state index in [0.29, 0.717) is 12.5 Å². The van der Waals surface area contributed by atoms with Gasteiger partial charge in [-0.3, -0.25) is 4.79 Å². The third kappa shape index (κ3) is 3.72. The topological polar surface area (TPSA) is 74.7 Å². The fourth-order valence-corrected chi connectivity index (χ4v) is 4.73. The van der Waals surface area contributed by atoms with E-state index < -0.39 is 38.5 Å². The van der Waals surface area contributed by atoms with E-state index in [1.165, 1.54) is 6.92 Å². The van der Waals surface area contributed by atoms with Crippen LogP contribution in [0.5, 0.6) is 0 Å². The second-order valence-corrected chi connectivity index (χ2v) is 8.08. The number of nitrogens with zero attached hydrogens (tertiary/aromatic N) is 1. The average Bonchev–Trinajstić information content (AvgIpc) is 2.45. The van der Waals surface area contributed by atoms with Gasteiger partial charge in [-0.15, -0.1) is 0 Å². The Labute approximate surface area is 138 Å². The van der Waals surface area contributed by atoms with Gasteiger partial charge in [-0.2, -0.15) is 17.5 Å². The van der Waals surface area contributed by atoms with Gasteiger partial charge in [0.1, 0.15) is 0 Å². The van der Waals surface area contributed by atoms with Gasteiger partial charge in [-0.1, -0.05) is 13.0 Å². The lowest BCUT2D eigenvalue weighted by molar-refractivity contribution is -0.143. The number of carbonyl (C=O) groups is 1. The molecule has 5 nitrogen and oxygen atoms in total. The monoisotopic (exact) mass is 365 g/mol. The highest BCUT2D eigenvalue weighted by atomic mass is 32.2. The van der Waals surface area contributed by atoms with Crippen LogP contribution >= 0.6 is 0 Å². The summed E-state index contributed by atoms with van der Waals surface area (Å²) in [6.45, 7) is 2.98. The quantitative estimate of drug-likeness (QED) is 0.894. The number of piperidine rings is 1. The minimum atomic E-state index is -4.66. The van der Waals surface area contributed by atoms with Crippen LogP contribution in [0, 0.1) is 18.8 Å². The Balaban J connectivity index is 2.45. The molecule has 0 radical (unpaired) electrons. The Morgan fingerprint density at radius 2 is 1.92 bits per heavy atom. The molecule has 9 heteroatoms. The van der Waals surface area contributed by atoms with Crippen LogP contribution in [-0.4, -0.2) is 36.9 Å². The van der Waals surface area contributed by atoms with Crippen LogP contribution in [0.2, 0.25) is 0 Å². The highest BCUT2D eigenvalue weighted by Gasteiger charge is 2.38. The molecule has 1 saturated heterocycles. The van der Waals surface area contributed by atoms with E-state index >= 15 is 0 Å². The van der Waals surface area contributed by atoms with Gasteiger partial charge in [0.2, 0.25) is 10.0 Å². The summed E-state index contributed by atoms with van der Waals surface area (Å²) in [5, 5.41) is 9.15. The Morgan fingerprint density at radius 1 is 1.29 bits per heavy atom. The summed E-state index contributed by atoms with van der Waals surface area (Å²) in [6, 6.07) is 2.55. The van der Waals surface area contributed by atoms with Crippen molar-refractivity contribution in [3.05, 3.63) is 29.3 Å². The number of rotatable bonds is 3. The minimum absolute atomic E-state index is 0.0851. The summed E-state index contributed by atoms with van der Waals surface area (Å²) in [5.74, 6) is -2.17. The van der Waals surface area contributed by atoms with E-state index in [1.54, 1.807) is 6.92 Å². The van der Waals surface area contributed by atoms with Crippen LogP contribution in [0.25, 0.3) is 0 Å². The first-order valence-corrected chi connectivity index (χ1v) is 8.77. The zero-order valence-electron chi connectivity index (χ0n) is 13.2. The maximum Gasteiger partial charge on any atom is 0.416 e. The fourth-order valence-electron chi connectivity index (χ4n) is 2.87. The van der Waals surface area contributed by atoms with Gasteiger partial charge in [-0.25, -0.2) is 8.42 Å². The average molecular weight is 365 g/mol. The van der Waals surface area contributed by atoms with Crippen molar-refractivity contribution in [3.63, 3.8) is 0 Å². The van der Waals surface area contributed by atoms with Crippen molar-refractivity contribution in [1.82, 2.24) is 4.31 Å². The lowest BCUT2D eigenvalue weighted by Crippen LogP contribution is -2.45. The highest BCUT2D eigenvalue weighted by molar-refractivity contribution is 7.89. The van der Waals surface area contributed by atoms with Crippen molar-refractivity contribution in [2.45, 2.75) is 31.3 Å². The zero-order chi connectivity index (χ0) is 18.3. The van der Waals surface area contributed by atoms with Crippen LogP contribution in [-0.2, 0) is 21.0 Å². The minimum Gasteiger partial charge on any atom is -0.481 e. The van der Waals surface area contributed by atoms with Gasteiger partial charge < -0.3 is 5.11 Å². The van der Waals surface area contributed by atoms with E-state index in [9.17, 15) is 26.4 Å². The second kappa shape index (κ2) is 6.36. The van der Waals surface area contributed by atoms with Gasteiger partial charge in [0.15, 0.2) is 0 Å². The molecule has 2 atom stereocenters. The molecule has 2 unspecified atom stereocenters. The number of carboxylic acid groups (broad SMARTS) is 1. The van der Waals surface area contributed by atoms with Gasteiger partial charge in [0, 0.05) is 13.1 Å². The van der Waals surface area contributed by atoms with E-state index in [1.807, 2.05) is 0 Å². The van der Waals surface area contributed by atoms with E-state index in [0.717, 1.165) is 16.4 Å². The number of aliphatic carboxylic acids is 1. The standard InChI is InChI=1S/C15H18F3NO4S/c1-9-5-11(14(20)21)8-19(7-9)24(22,23)13-6-12(15(16,17)18)4-3-10(13)2/h3-4,6,9,11H,5,7-8H2,1-2H3,(H,20,21). The third-order valence-electron chi connectivity index (χ3n) is 4.11. The number of alkyl halides is 3. The molecular weight excluding hydrogens is 347 g/mol. The largest absolute Gasteiger partial charge is 0.481 e. The summed E-state index contributed by atoms with van der Waals surface area (Å²) >= 11 is 0. The van der Waals surface area contributed by atoms with Crippen molar-refractivity contribution in [1.29, 1.82) is 0 Å². The maximum atomic E-state index is 12.9. The summed E-state index contributed by atoms with van der Waals surface area (Å²) in [7, 11) is -4.20. The molecule has 1 aliphatic heterocycles. The molecule has 0 aliphatic carbocycles. The first kappa shape index (κ1) is 18.7. The van der Waals surface area contributed by atoms with E-state index in [2.05, 4.69) is 0 Å². The summed E-state index contributed by atoms with van der Waals surface area (Å²) < 4.78 is 65.1. The predicted octanol–water partition coefficient (Wildman–Crippen LogP) is 2.75. The summed E-state index contributed by atoms with van der Waals surface area (Å²) in [4.78, 5) is 10.8. The van der Waals surface area contributed by atoms with E-state index in [-0.39, 0.29) is 24.6 Å². The SMILES string of the molecule is Cc1ccc(C(F)(F)F)cc1S(=O)(=O)N1CC(C)CC(C(=O)O)C1. The van der Waals surface area contributed by atoms with Crippen LogP contribution < -0.4 is 0 Å². The molecule has 0 saturated carbocycles. The van der Waals surface area contributed by atoms with Crippen molar-refractivity contribution in [3.8, 4) is 0 Å². The Kier molecular flexibility index (Phi) is 4.96. The molecule has 0 bridgehead atoms. The van der Waals surface area contributed by atoms with Crippen molar-refractivity contribution in [2.24, 2.45) is 11.8 Å². The number of aryl methyl sites for hydroxylation is 1. The first-order valence-electron chi connectivity index (χ1n) is 7.33. The van der Waals surface area contributed by atoms with Gasteiger partial charge in [0.25, 0.3) is 0 Å². The molecule has 1 heterocycles. The summed E-state index contributed by atoms with van der Waals surface area (Å²) in [5.41, 5.74) is -0.861. The predicted molar refractivity (Wildman–Crippen MR) is 79.8 cm³/mol. The number of carboxylic acids is 1. The van der Waals surface area contributed by atoms with Crippen molar-refractivity contribution in [2.75, 3.05) is 13.1 Å². The molecule has 1 aliphatic rings. The molecule has 1 N–H and O–H groups in total. The molecule has 134 valence electrons. The molecule has 2 rings (SSSR count). The van der Waals surface area contributed by atoms with Crippen molar-refractivity contribution >= 4 is 16.0 Å². The molecule has 1 aromatic carbocycles. The van der Waals surface area contributed by atoms with Crippen LogP contribution in [0.1, 0.15) is 24.5 Å². The van der Waals surface area contributed by atoms with Crippen LogP contribution in [0.3, 0.4) is 0 Å². The third-order valence-corrected chi connectivity index (χ3v) is 6.08. The molecular formula is C15H18F3NO4S. The highest BCUT2D eigenvalue weighted by Crippen LogP contribution is 2.34. The normalized spacial score (nSPS) is 23.2. The molecule has 0 spiro atoms. The van der Waals surface area contributed by atoms with E-state index in [4.69, 9.17) is 5.11 Å². The maximum absolute atomic E-state index is 12.9. The Hall–Kier alpha value is -1.61. The van der Waals surface area contributed by atoms with Gasteiger partial charge >= 0.3 is 12.1 Å².